The summed E-state index contributed by atoms with van der Waals surface area (Å²) in [6.07, 6.45) is 2.54. The van der Waals surface area contributed by atoms with Gasteiger partial charge in [-0.2, -0.15) is 0 Å². The van der Waals surface area contributed by atoms with Gasteiger partial charge in [0.1, 0.15) is 6.10 Å². The van der Waals surface area contributed by atoms with Gasteiger partial charge >= 0.3 is 0 Å². The molecule has 0 bridgehead atoms. The fraction of sp³-hybridized carbons (Fsp3) is 0.600. The minimum Gasteiger partial charge on any atom is -0.382 e. The molecule has 3 heteroatoms. The van der Waals surface area contributed by atoms with Gasteiger partial charge in [0.25, 0.3) is 0 Å². The number of rotatable bonds is 5. The van der Waals surface area contributed by atoms with Gasteiger partial charge in [0.2, 0.25) is 0 Å². The first-order valence-corrected chi connectivity index (χ1v) is 6.68. The first kappa shape index (κ1) is 13.5. The van der Waals surface area contributed by atoms with Crippen LogP contribution in [-0.2, 0) is 9.47 Å². The lowest BCUT2D eigenvalue weighted by Crippen LogP contribution is -2.29. The van der Waals surface area contributed by atoms with E-state index in [-0.39, 0.29) is 6.10 Å². The molecule has 1 aliphatic heterocycles. The van der Waals surface area contributed by atoms with Crippen molar-refractivity contribution < 1.29 is 9.47 Å². The molecule has 1 heterocycles. The summed E-state index contributed by atoms with van der Waals surface area (Å²) in [5.41, 5.74) is 2.68. The zero-order chi connectivity index (χ0) is 12.8. The van der Waals surface area contributed by atoms with Gasteiger partial charge in [0.15, 0.2) is 0 Å². The second-order valence-electron chi connectivity index (χ2n) is 4.85. The number of hydrogen-bond acceptors (Lipinski definition) is 3. The standard InChI is InChI=1S/C15H23NO2/c1-17-11-15(18-2)14-8-4-3-7-13(14)12-6-5-9-16-10-12/h3-4,7-8,12,15-16H,5-6,9-11H2,1-2H3. The van der Waals surface area contributed by atoms with E-state index in [4.69, 9.17) is 9.47 Å². The average Bonchev–Trinajstić information content (AvgIpc) is 2.46. The summed E-state index contributed by atoms with van der Waals surface area (Å²) >= 11 is 0. The van der Waals surface area contributed by atoms with Crippen LogP contribution in [0.2, 0.25) is 0 Å². The van der Waals surface area contributed by atoms with Crippen LogP contribution in [0.1, 0.15) is 36.0 Å². The molecule has 1 saturated heterocycles. The summed E-state index contributed by atoms with van der Waals surface area (Å²) < 4.78 is 10.8. The molecule has 0 saturated carbocycles. The van der Waals surface area contributed by atoms with Crippen LogP contribution in [0.4, 0.5) is 0 Å². The quantitative estimate of drug-likeness (QED) is 0.869. The molecule has 2 rings (SSSR count). The highest BCUT2D eigenvalue weighted by atomic mass is 16.5. The Morgan fingerprint density at radius 1 is 1.33 bits per heavy atom. The third-order valence-electron chi connectivity index (χ3n) is 3.68. The molecule has 0 amide bonds. The second-order valence-corrected chi connectivity index (χ2v) is 4.85. The molecule has 1 aromatic carbocycles. The summed E-state index contributed by atoms with van der Waals surface area (Å²) in [4.78, 5) is 0. The Morgan fingerprint density at radius 3 is 2.83 bits per heavy atom. The van der Waals surface area contributed by atoms with Gasteiger partial charge in [0, 0.05) is 20.8 Å². The Labute approximate surface area is 109 Å². The zero-order valence-electron chi connectivity index (χ0n) is 11.3. The number of hydrogen-bond donors (Lipinski definition) is 1. The SMILES string of the molecule is COCC(OC)c1ccccc1C1CCCNC1. The monoisotopic (exact) mass is 249 g/mol. The van der Waals surface area contributed by atoms with Crippen molar-refractivity contribution in [3.05, 3.63) is 35.4 Å². The normalized spacial score (nSPS) is 21.8. The van der Waals surface area contributed by atoms with Gasteiger partial charge in [-0.25, -0.2) is 0 Å². The average molecular weight is 249 g/mol. The van der Waals surface area contributed by atoms with E-state index in [1.807, 2.05) is 0 Å². The number of methoxy groups -OCH3 is 2. The fourth-order valence-electron chi connectivity index (χ4n) is 2.73. The molecule has 100 valence electrons. The number of benzene rings is 1. The van der Waals surface area contributed by atoms with Gasteiger partial charge in [-0.3, -0.25) is 0 Å². The van der Waals surface area contributed by atoms with Crippen molar-refractivity contribution in [3.63, 3.8) is 0 Å². The largest absolute Gasteiger partial charge is 0.382 e. The molecule has 3 nitrogen and oxygen atoms in total. The van der Waals surface area contributed by atoms with Crippen LogP contribution in [0.25, 0.3) is 0 Å². The number of ether oxygens (including phenoxy) is 2. The van der Waals surface area contributed by atoms with Crippen LogP contribution < -0.4 is 5.32 Å². The minimum atomic E-state index is 0.0353. The van der Waals surface area contributed by atoms with Crippen molar-refractivity contribution in [1.82, 2.24) is 5.32 Å². The summed E-state index contributed by atoms with van der Waals surface area (Å²) in [7, 11) is 3.47. The lowest BCUT2D eigenvalue weighted by Gasteiger charge is -2.27. The number of piperidine rings is 1. The highest BCUT2D eigenvalue weighted by molar-refractivity contribution is 5.33. The highest BCUT2D eigenvalue weighted by Crippen LogP contribution is 2.30. The zero-order valence-corrected chi connectivity index (χ0v) is 11.3. The molecule has 1 fully saturated rings. The molecule has 2 unspecified atom stereocenters. The van der Waals surface area contributed by atoms with Gasteiger partial charge < -0.3 is 14.8 Å². The first-order chi connectivity index (χ1) is 8.86. The van der Waals surface area contributed by atoms with Crippen molar-refractivity contribution in [3.8, 4) is 0 Å². The van der Waals surface area contributed by atoms with E-state index in [0.717, 1.165) is 13.1 Å². The molecular formula is C15H23NO2. The Kier molecular flexibility index (Phi) is 5.17. The predicted octanol–water partition coefficient (Wildman–Crippen LogP) is 2.49. The summed E-state index contributed by atoms with van der Waals surface area (Å²) in [5, 5.41) is 3.48. The van der Waals surface area contributed by atoms with Gasteiger partial charge in [-0.1, -0.05) is 24.3 Å². The molecule has 0 aromatic heterocycles. The van der Waals surface area contributed by atoms with E-state index >= 15 is 0 Å². The smallest absolute Gasteiger partial charge is 0.106 e. The van der Waals surface area contributed by atoms with Crippen LogP contribution in [0.5, 0.6) is 0 Å². The van der Waals surface area contributed by atoms with E-state index in [1.54, 1.807) is 14.2 Å². The predicted molar refractivity (Wildman–Crippen MR) is 72.9 cm³/mol. The number of nitrogens with one attached hydrogen (secondary N) is 1. The van der Waals surface area contributed by atoms with Gasteiger partial charge in [-0.15, -0.1) is 0 Å². The van der Waals surface area contributed by atoms with E-state index in [9.17, 15) is 0 Å². The van der Waals surface area contributed by atoms with Crippen LogP contribution >= 0.6 is 0 Å². The molecule has 0 aliphatic carbocycles. The maximum absolute atomic E-state index is 5.56. The Morgan fingerprint density at radius 2 is 2.17 bits per heavy atom. The molecule has 1 aliphatic rings. The Hall–Kier alpha value is -0.900. The van der Waals surface area contributed by atoms with Gasteiger partial charge in [0.05, 0.1) is 6.61 Å². The van der Waals surface area contributed by atoms with Crippen molar-refractivity contribution in [2.24, 2.45) is 0 Å². The van der Waals surface area contributed by atoms with E-state index in [0.29, 0.717) is 12.5 Å². The topological polar surface area (TPSA) is 30.5 Å². The van der Waals surface area contributed by atoms with Crippen LogP contribution in [-0.4, -0.2) is 33.9 Å². The van der Waals surface area contributed by atoms with E-state index < -0.39 is 0 Å². The summed E-state index contributed by atoms with van der Waals surface area (Å²) in [6, 6.07) is 8.59. The fourth-order valence-corrected chi connectivity index (χ4v) is 2.73. The maximum Gasteiger partial charge on any atom is 0.106 e. The van der Waals surface area contributed by atoms with E-state index in [2.05, 4.69) is 29.6 Å². The van der Waals surface area contributed by atoms with Crippen LogP contribution in [0.15, 0.2) is 24.3 Å². The highest BCUT2D eigenvalue weighted by Gasteiger charge is 2.21. The lowest BCUT2D eigenvalue weighted by atomic mass is 9.87. The second kappa shape index (κ2) is 6.88. The lowest BCUT2D eigenvalue weighted by molar-refractivity contribution is 0.0267. The molecule has 0 spiro atoms. The molecule has 1 N–H and O–H groups in total. The van der Waals surface area contributed by atoms with Crippen molar-refractivity contribution in [1.29, 1.82) is 0 Å². The van der Waals surface area contributed by atoms with E-state index in [1.165, 1.54) is 24.0 Å². The van der Waals surface area contributed by atoms with Crippen LogP contribution in [0.3, 0.4) is 0 Å². The Bertz CT molecular complexity index is 338. The van der Waals surface area contributed by atoms with Crippen molar-refractivity contribution in [2.75, 3.05) is 33.9 Å². The first-order valence-electron chi connectivity index (χ1n) is 6.68. The maximum atomic E-state index is 5.56. The summed E-state index contributed by atoms with van der Waals surface area (Å²) in [6.45, 7) is 2.82. The molecular weight excluding hydrogens is 226 g/mol. The molecule has 2 atom stereocenters. The van der Waals surface area contributed by atoms with Crippen LogP contribution in [0, 0.1) is 0 Å². The molecule has 0 radical (unpaired) electrons. The van der Waals surface area contributed by atoms with Crippen molar-refractivity contribution >= 4 is 0 Å². The molecule has 18 heavy (non-hydrogen) atoms. The minimum absolute atomic E-state index is 0.0353. The third kappa shape index (κ3) is 3.10. The Balaban J connectivity index is 2.23. The van der Waals surface area contributed by atoms with Gasteiger partial charge in [-0.05, 0) is 36.4 Å². The molecule has 1 aromatic rings. The third-order valence-corrected chi connectivity index (χ3v) is 3.68. The summed E-state index contributed by atoms with van der Waals surface area (Å²) in [5.74, 6) is 0.601. The van der Waals surface area contributed by atoms with Crippen molar-refractivity contribution in [2.45, 2.75) is 24.9 Å².